The summed E-state index contributed by atoms with van der Waals surface area (Å²) in [4.78, 5) is 4.42. The molecule has 2 nitrogen and oxygen atoms in total. The number of thiazole rings is 1. The Kier molecular flexibility index (Phi) is 4.48. The Morgan fingerprint density at radius 3 is 2.89 bits per heavy atom. The summed E-state index contributed by atoms with van der Waals surface area (Å²) in [6.45, 7) is 1.97. The number of benzene rings is 1. The van der Waals surface area contributed by atoms with Crippen molar-refractivity contribution in [3.05, 3.63) is 50.1 Å². The normalized spacial score (nSPS) is 12.7. The molecule has 0 radical (unpaired) electrons. The van der Waals surface area contributed by atoms with Gasteiger partial charge in [0, 0.05) is 23.4 Å². The number of halogens is 2. The summed E-state index contributed by atoms with van der Waals surface area (Å²) < 4.78 is 14.5. The third-order valence-electron chi connectivity index (χ3n) is 2.79. The highest BCUT2D eigenvalue weighted by Crippen LogP contribution is 2.26. The molecule has 0 amide bonds. The molecule has 0 aliphatic carbocycles. The zero-order valence-corrected chi connectivity index (χ0v) is 12.6. The fraction of sp³-hybridized carbons (Fsp3) is 0.308. The van der Waals surface area contributed by atoms with Gasteiger partial charge in [0.15, 0.2) is 0 Å². The van der Waals surface area contributed by atoms with E-state index in [4.69, 9.17) is 0 Å². The van der Waals surface area contributed by atoms with Gasteiger partial charge in [-0.1, -0.05) is 12.1 Å². The lowest BCUT2D eigenvalue weighted by Gasteiger charge is -2.16. The van der Waals surface area contributed by atoms with Crippen molar-refractivity contribution in [2.24, 2.45) is 0 Å². The van der Waals surface area contributed by atoms with E-state index in [-0.39, 0.29) is 11.9 Å². The van der Waals surface area contributed by atoms with Crippen LogP contribution in [0.15, 0.2) is 28.1 Å². The molecule has 1 heterocycles. The minimum absolute atomic E-state index is 0.0657. The number of aromatic nitrogens is 1. The molecule has 0 saturated heterocycles. The second-order valence-corrected chi connectivity index (χ2v) is 5.96. The average molecular weight is 329 g/mol. The fourth-order valence-corrected chi connectivity index (χ4v) is 2.88. The molecule has 0 spiro atoms. The van der Waals surface area contributed by atoms with Crippen LogP contribution < -0.4 is 5.32 Å². The highest BCUT2D eigenvalue weighted by molar-refractivity contribution is 9.10. The van der Waals surface area contributed by atoms with Crippen molar-refractivity contribution in [3.8, 4) is 0 Å². The lowest BCUT2D eigenvalue weighted by atomic mass is 10.0. The highest BCUT2D eigenvalue weighted by atomic mass is 79.9. The van der Waals surface area contributed by atoms with Gasteiger partial charge in [-0.05, 0) is 36.0 Å². The fourth-order valence-electron chi connectivity index (χ4n) is 1.87. The first-order valence-corrected chi connectivity index (χ1v) is 7.31. The van der Waals surface area contributed by atoms with Crippen molar-refractivity contribution in [1.82, 2.24) is 10.3 Å². The van der Waals surface area contributed by atoms with Crippen LogP contribution in [0.2, 0.25) is 0 Å². The monoisotopic (exact) mass is 328 g/mol. The Hall–Kier alpha value is -0.780. The minimum Gasteiger partial charge on any atom is -0.313 e. The van der Waals surface area contributed by atoms with Crippen molar-refractivity contribution >= 4 is 27.3 Å². The number of nitrogens with zero attached hydrogens (tertiary/aromatic N) is 1. The molecule has 2 rings (SSSR count). The van der Waals surface area contributed by atoms with Gasteiger partial charge in [-0.25, -0.2) is 9.37 Å². The summed E-state index contributed by atoms with van der Waals surface area (Å²) in [7, 11) is 1.84. The van der Waals surface area contributed by atoms with Crippen LogP contribution in [0.5, 0.6) is 0 Å². The van der Waals surface area contributed by atoms with Crippen LogP contribution in [0.25, 0.3) is 0 Å². The molecule has 0 aliphatic heterocycles. The van der Waals surface area contributed by atoms with E-state index >= 15 is 0 Å². The maximum atomic E-state index is 14.0. The maximum Gasteiger partial charge on any atom is 0.142 e. The zero-order chi connectivity index (χ0) is 13.1. The molecule has 1 atom stereocenters. The summed E-state index contributed by atoms with van der Waals surface area (Å²) in [5.41, 5.74) is 1.66. The van der Waals surface area contributed by atoms with Crippen LogP contribution in [0.3, 0.4) is 0 Å². The first kappa shape index (κ1) is 13.6. The van der Waals surface area contributed by atoms with Gasteiger partial charge in [-0.15, -0.1) is 11.3 Å². The summed E-state index contributed by atoms with van der Waals surface area (Å²) in [6, 6.07) is 5.29. The second kappa shape index (κ2) is 5.91. The van der Waals surface area contributed by atoms with E-state index in [1.54, 1.807) is 23.5 Å². The predicted molar refractivity (Wildman–Crippen MR) is 76.5 cm³/mol. The summed E-state index contributed by atoms with van der Waals surface area (Å²) in [5.74, 6) is -0.205. The van der Waals surface area contributed by atoms with Gasteiger partial charge in [-0.2, -0.15) is 0 Å². The summed E-state index contributed by atoms with van der Waals surface area (Å²) in [5, 5.41) is 6.21. The molecule has 0 fully saturated rings. The van der Waals surface area contributed by atoms with E-state index in [9.17, 15) is 4.39 Å². The van der Waals surface area contributed by atoms with Crippen LogP contribution in [0, 0.1) is 12.7 Å². The highest BCUT2D eigenvalue weighted by Gasteiger charge is 2.17. The van der Waals surface area contributed by atoms with Crippen LogP contribution >= 0.6 is 27.3 Å². The Morgan fingerprint density at radius 2 is 2.28 bits per heavy atom. The smallest absolute Gasteiger partial charge is 0.142 e. The Labute approximate surface area is 118 Å². The van der Waals surface area contributed by atoms with E-state index in [1.807, 2.05) is 25.4 Å². The van der Waals surface area contributed by atoms with Crippen LogP contribution in [-0.4, -0.2) is 12.0 Å². The number of hydrogen-bond donors (Lipinski definition) is 1. The van der Waals surface area contributed by atoms with Crippen molar-refractivity contribution < 1.29 is 4.39 Å². The van der Waals surface area contributed by atoms with Gasteiger partial charge in [0.05, 0.1) is 15.2 Å². The molecule has 1 aromatic carbocycles. The van der Waals surface area contributed by atoms with E-state index in [1.165, 1.54) is 0 Å². The molecular formula is C13H14BrFN2S. The average Bonchev–Trinajstić information content (AvgIpc) is 2.76. The molecule has 0 bridgehead atoms. The maximum absolute atomic E-state index is 14.0. The molecular weight excluding hydrogens is 315 g/mol. The molecule has 0 aliphatic rings. The minimum atomic E-state index is -0.205. The molecule has 96 valence electrons. The van der Waals surface area contributed by atoms with Gasteiger partial charge in [-0.3, -0.25) is 0 Å². The number of hydrogen-bond acceptors (Lipinski definition) is 3. The Balaban J connectivity index is 2.25. The SMILES string of the molecule is CNC(Cc1csc(C)n1)c1cccc(Br)c1F. The topological polar surface area (TPSA) is 24.9 Å². The van der Waals surface area contributed by atoms with Crippen molar-refractivity contribution in [3.63, 3.8) is 0 Å². The lowest BCUT2D eigenvalue weighted by molar-refractivity contribution is 0.527. The van der Waals surface area contributed by atoms with Gasteiger partial charge < -0.3 is 5.32 Å². The molecule has 2 aromatic rings. The zero-order valence-electron chi connectivity index (χ0n) is 10.2. The molecule has 0 saturated carbocycles. The van der Waals surface area contributed by atoms with Gasteiger partial charge >= 0.3 is 0 Å². The summed E-state index contributed by atoms with van der Waals surface area (Å²) >= 11 is 4.83. The largest absolute Gasteiger partial charge is 0.313 e. The first-order valence-electron chi connectivity index (χ1n) is 5.64. The number of aryl methyl sites for hydroxylation is 1. The molecule has 1 unspecified atom stereocenters. The van der Waals surface area contributed by atoms with E-state index in [0.29, 0.717) is 16.5 Å². The van der Waals surface area contributed by atoms with Gasteiger partial charge in [0.25, 0.3) is 0 Å². The Morgan fingerprint density at radius 1 is 1.50 bits per heavy atom. The Bertz CT molecular complexity index is 542. The lowest BCUT2D eigenvalue weighted by Crippen LogP contribution is -2.20. The van der Waals surface area contributed by atoms with Gasteiger partial charge in [0.2, 0.25) is 0 Å². The standard InChI is InChI=1S/C13H14BrFN2S/c1-8-17-9(7-18-8)6-12(16-2)10-4-3-5-11(14)13(10)15/h3-5,7,12,16H,6H2,1-2H3. The van der Waals surface area contributed by atoms with E-state index in [2.05, 4.69) is 26.2 Å². The first-order chi connectivity index (χ1) is 8.61. The summed E-state index contributed by atoms with van der Waals surface area (Å²) in [6.07, 6.45) is 0.689. The van der Waals surface area contributed by atoms with Crippen molar-refractivity contribution in [2.45, 2.75) is 19.4 Å². The molecule has 1 aromatic heterocycles. The van der Waals surface area contributed by atoms with Crippen LogP contribution in [-0.2, 0) is 6.42 Å². The van der Waals surface area contributed by atoms with E-state index in [0.717, 1.165) is 10.7 Å². The van der Waals surface area contributed by atoms with Crippen molar-refractivity contribution in [1.29, 1.82) is 0 Å². The van der Waals surface area contributed by atoms with Crippen molar-refractivity contribution in [2.75, 3.05) is 7.05 Å². The van der Waals surface area contributed by atoms with Crippen LogP contribution in [0.1, 0.15) is 22.3 Å². The third kappa shape index (κ3) is 2.96. The van der Waals surface area contributed by atoms with Gasteiger partial charge in [0.1, 0.15) is 5.82 Å². The second-order valence-electron chi connectivity index (χ2n) is 4.05. The number of nitrogens with one attached hydrogen (secondary N) is 1. The third-order valence-corrected chi connectivity index (χ3v) is 4.22. The van der Waals surface area contributed by atoms with Crippen LogP contribution in [0.4, 0.5) is 4.39 Å². The number of rotatable bonds is 4. The molecule has 1 N–H and O–H groups in total. The van der Waals surface area contributed by atoms with E-state index < -0.39 is 0 Å². The molecule has 5 heteroatoms. The quantitative estimate of drug-likeness (QED) is 0.921. The number of likely N-dealkylation sites (N-methyl/N-ethyl adjacent to an activating group) is 1. The predicted octanol–water partition coefficient (Wildman–Crippen LogP) is 3.86. The molecule has 18 heavy (non-hydrogen) atoms.